The van der Waals surface area contributed by atoms with Gasteiger partial charge in [0.25, 0.3) is 0 Å². The Kier molecular flexibility index (Phi) is 6.64. The quantitative estimate of drug-likeness (QED) is 0.398. The molecule has 0 amide bonds. The molecule has 0 saturated carbocycles. The number of ether oxygens (including phenoxy) is 1. The van der Waals surface area contributed by atoms with Gasteiger partial charge in [-0.15, -0.1) is 0 Å². The third kappa shape index (κ3) is 4.85. The molecule has 1 aliphatic rings. The third-order valence-corrected chi connectivity index (χ3v) is 6.07. The number of rotatable bonds is 8. The van der Waals surface area contributed by atoms with Crippen molar-refractivity contribution in [3.63, 3.8) is 0 Å². The Balaban J connectivity index is 1.36. The standard InChI is InChI=1S/C25H26FN7O/c1-34-11-8-23-28-12-18(13-29-23)14-32-10-7-21(15-32)33-17-31-24(19-2-4-20(26)5-3-19)25(33)22-6-9-27-16-30-22/h2-6,9,12-13,16-17,21H,7-8,10-11,14-15H2,1H3. The highest BCUT2D eigenvalue weighted by molar-refractivity contribution is 5.76. The van der Waals surface area contributed by atoms with E-state index in [1.54, 1.807) is 31.8 Å². The van der Waals surface area contributed by atoms with Crippen LogP contribution in [0.2, 0.25) is 0 Å². The highest BCUT2D eigenvalue weighted by atomic mass is 19.1. The first-order valence-electron chi connectivity index (χ1n) is 11.3. The normalized spacial score (nSPS) is 16.2. The lowest BCUT2D eigenvalue weighted by Gasteiger charge is -2.18. The van der Waals surface area contributed by atoms with Gasteiger partial charge in [0.1, 0.15) is 18.0 Å². The van der Waals surface area contributed by atoms with Gasteiger partial charge in [-0.2, -0.15) is 0 Å². The molecule has 4 aromatic rings. The van der Waals surface area contributed by atoms with Gasteiger partial charge >= 0.3 is 0 Å². The smallest absolute Gasteiger partial charge is 0.130 e. The summed E-state index contributed by atoms with van der Waals surface area (Å²) in [6.07, 6.45) is 10.7. The molecule has 0 spiro atoms. The molecule has 1 fully saturated rings. The van der Waals surface area contributed by atoms with Crippen LogP contribution in [-0.2, 0) is 17.7 Å². The summed E-state index contributed by atoms with van der Waals surface area (Å²) in [6, 6.07) is 8.55. The van der Waals surface area contributed by atoms with Gasteiger partial charge in [-0.3, -0.25) is 4.90 Å². The molecule has 34 heavy (non-hydrogen) atoms. The van der Waals surface area contributed by atoms with Gasteiger partial charge in [-0.1, -0.05) is 0 Å². The fourth-order valence-corrected chi connectivity index (χ4v) is 4.37. The van der Waals surface area contributed by atoms with E-state index in [4.69, 9.17) is 9.72 Å². The molecule has 1 atom stereocenters. The number of hydrogen-bond donors (Lipinski definition) is 0. The van der Waals surface area contributed by atoms with Crippen molar-refractivity contribution in [1.29, 1.82) is 0 Å². The molecule has 3 aromatic heterocycles. The van der Waals surface area contributed by atoms with E-state index in [0.717, 1.165) is 60.1 Å². The van der Waals surface area contributed by atoms with Gasteiger partial charge < -0.3 is 9.30 Å². The topological polar surface area (TPSA) is 81.9 Å². The minimum absolute atomic E-state index is 0.244. The van der Waals surface area contributed by atoms with E-state index in [1.165, 1.54) is 12.1 Å². The Labute approximate surface area is 197 Å². The number of methoxy groups -OCH3 is 1. The molecule has 1 aromatic carbocycles. The van der Waals surface area contributed by atoms with Crippen LogP contribution in [-0.4, -0.2) is 61.2 Å². The first kappa shape index (κ1) is 22.2. The Bertz CT molecular complexity index is 1210. The van der Waals surface area contributed by atoms with Crippen LogP contribution in [0, 0.1) is 5.82 Å². The van der Waals surface area contributed by atoms with Crippen LogP contribution in [0.4, 0.5) is 4.39 Å². The van der Waals surface area contributed by atoms with E-state index in [1.807, 2.05) is 24.8 Å². The van der Waals surface area contributed by atoms with Crippen LogP contribution in [0.1, 0.15) is 23.9 Å². The summed E-state index contributed by atoms with van der Waals surface area (Å²) in [5.74, 6) is 0.528. The molecule has 0 bridgehead atoms. The van der Waals surface area contributed by atoms with Crippen LogP contribution in [0.3, 0.4) is 0 Å². The molecule has 9 heteroatoms. The molecule has 0 aliphatic carbocycles. The minimum atomic E-state index is -0.270. The zero-order valence-corrected chi connectivity index (χ0v) is 19.0. The average Bonchev–Trinajstić information content (AvgIpc) is 3.52. The van der Waals surface area contributed by atoms with Gasteiger partial charge in [0.2, 0.25) is 0 Å². The molecule has 1 aliphatic heterocycles. The molecule has 1 saturated heterocycles. The first-order valence-corrected chi connectivity index (χ1v) is 11.3. The van der Waals surface area contributed by atoms with Crippen LogP contribution < -0.4 is 0 Å². The minimum Gasteiger partial charge on any atom is -0.384 e. The van der Waals surface area contributed by atoms with E-state index in [0.29, 0.717) is 13.0 Å². The van der Waals surface area contributed by atoms with Crippen molar-refractivity contribution in [2.45, 2.75) is 25.4 Å². The molecular weight excluding hydrogens is 433 g/mol. The molecule has 8 nitrogen and oxygen atoms in total. The zero-order valence-electron chi connectivity index (χ0n) is 19.0. The van der Waals surface area contributed by atoms with Crippen molar-refractivity contribution >= 4 is 0 Å². The van der Waals surface area contributed by atoms with Gasteiger partial charge in [-0.05, 0) is 36.8 Å². The predicted molar refractivity (Wildman–Crippen MR) is 125 cm³/mol. The lowest BCUT2D eigenvalue weighted by Crippen LogP contribution is -2.21. The summed E-state index contributed by atoms with van der Waals surface area (Å²) < 4.78 is 20.8. The maximum absolute atomic E-state index is 13.5. The number of aromatic nitrogens is 6. The van der Waals surface area contributed by atoms with E-state index < -0.39 is 0 Å². The molecule has 0 N–H and O–H groups in total. The van der Waals surface area contributed by atoms with Crippen molar-refractivity contribution in [2.24, 2.45) is 0 Å². The Morgan fingerprint density at radius 1 is 1.06 bits per heavy atom. The van der Waals surface area contributed by atoms with E-state index in [2.05, 4.69) is 29.4 Å². The number of benzene rings is 1. The summed E-state index contributed by atoms with van der Waals surface area (Å²) >= 11 is 0. The lowest BCUT2D eigenvalue weighted by molar-refractivity contribution is 0.200. The summed E-state index contributed by atoms with van der Waals surface area (Å²) in [5.41, 5.74) is 4.46. The number of likely N-dealkylation sites (tertiary alicyclic amines) is 1. The van der Waals surface area contributed by atoms with Crippen molar-refractivity contribution in [2.75, 3.05) is 26.8 Å². The largest absolute Gasteiger partial charge is 0.384 e. The second-order valence-corrected chi connectivity index (χ2v) is 8.38. The predicted octanol–water partition coefficient (Wildman–Crippen LogP) is 3.57. The fourth-order valence-electron chi connectivity index (χ4n) is 4.37. The van der Waals surface area contributed by atoms with Crippen LogP contribution in [0.5, 0.6) is 0 Å². The summed E-state index contributed by atoms with van der Waals surface area (Å²) in [4.78, 5) is 24.6. The van der Waals surface area contributed by atoms with Crippen LogP contribution >= 0.6 is 0 Å². The lowest BCUT2D eigenvalue weighted by atomic mass is 10.1. The van der Waals surface area contributed by atoms with Crippen molar-refractivity contribution in [3.05, 3.63) is 78.8 Å². The second kappa shape index (κ2) is 10.1. The number of halogens is 1. The first-order chi connectivity index (χ1) is 16.7. The monoisotopic (exact) mass is 459 g/mol. The second-order valence-electron chi connectivity index (χ2n) is 8.38. The number of hydrogen-bond acceptors (Lipinski definition) is 7. The van der Waals surface area contributed by atoms with Crippen molar-refractivity contribution < 1.29 is 9.13 Å². The fraction of sp³-hybridized carbons (Fsp3) is 0.320. The number of imidazole rings is 1. The van der Waals surface area contributed by atoms with Crippen molar-refractivity contribution in [3.8, 4) is 22.6 Å². The van der Waals surface area contributed by atoms with Gasteiger partial charge in [0, 0.05) is 68.9 Å². The summed E-state index contributed by atoms with van der Waals surface area (Å²) in [5, 5.41) is 0. The maximum atomic E-state index is 13.5. The Morgan fingerprint density at radius 3 is 2.62 bits per heavy atom. The van der Waals surface area contributed by atoms with Crippen LogP contribution in [0.25, 0.3) is 22.6 Å². The Morgan fingerprint density at radius 2 is 1.88 bits per heavy atom. The highest BCUT2D eigenvalue weighted by Gasteiger charge is 2.28. The van der Waals surface area contributed by atoms with E-state index in [-0.39, 0.29) is 11.9 Å². The molecule has 5 rings (SSSR count). The molecular formula is C25H26FN7O. The molecule has 4 heterocycles. The molecule has 1 unspecified atom stereocenters. The molecule has 0 radical (unpaired) electrons. The summed E-state index contributed by atoms with van der Waals surface area (Å²) in [7, 11) is 1.68. The van der Waals surface area contributed by atoms with Gasteiger partial charge in [0.05, 0.1) is 30.0 Å². The van der Waals surface area contributed by atoms with Crippen LogP contribution in [0.15, 0.2) is 61.6 Å². The van der Waals surface area contributed by atoms with E-state index >= 15 is 0 Å². The van der Waals surface area contributed by atoms with E-state index in [9.17, 15) is 4.39 Å². The van der Waals surface area contributed by atoms with Crippen molar-refractivity contribution in [1.82, 2.24) is 34.4 Å². The van der Waals surface area contributed by atoms with Gasteiger partial charge in [0.15, 0.2) is 0 Å². The zero-order chi connectivity index (χ0) is 23.3. The maximum Gasteiger partial charge on any atom is 0.130 e. The van der Waals surface area contributed by atoms with Gasteiger partial charge in [-0.25, -0.2) is 29.3 Å². The Hall–Kier alpha value is -3.56. The summed E-state index contributed by atoms with van der Waals surface area (Å²) in [6.45, 7) is 3.25. The molecule has 174 valence electrons. The SMILES string of the molecule is COCCc1ncc(CN2CCC(n3cnc(-c4ccc(F)cc4)c3-c3ccncn3)C2)cn1. The number of nitrogens with zero attached hydrogens (tertiary/aromatic N) is 7. The average molecular weight is 460 g/mol. The third-order valence-electron chi connectivity index (χ3n) is 6.07. The highest BCUT2D eigenvalue weighted by Crippen LogP contribution is 2.35.